The Bertz CT molecular complexity index is 1140. The summed E-state index contributed by atoms with van der Waals surface area (Å²) in [6, 6.07) is 11.0. The molecule has 5 nitrogen and oxygen atoms in total. The second kappa shape index (κ2) is 9.77. The number of carboxylic acids is 1. The minimum atomic E-state index is -0.889. The van der Waals surface area contributed by atoms with E-state index in [2.05, 4.69) is 10.3 Å². The van der Waals surface area contributed by atoms with Crippen LogP contribution < -0.4 is 5.32 Å². The lowest BCUT2D eigenvalue weighted by Crippen LogP contribution is -2.36. The molecule has 162 valence electrons. The van der Waals surface area contributed by atoms with Crippen LogP contribution in [0.3, 0.4) is 0 Å². The number of rotatable bonds is 6. The SMILES string of the molecule is O=C(O)[C@H]1CCCC[C@H]1C(=O)Nc1ccc2nc(SCc3ccc(Cl)cc3Cl)sc2c1. The number of nitrogens with zero attached hydrogens (tertiary/aromatic N) is 1. The molecular weight excluding hydrogens is 475 g/mol. The Hall–Kier alpha value is -1.80. The van der Waals surface area contributed by atoms with Gasteiger partial charge in [-0.2, -0.15) is 0 Å². The van der Waals surface area contributed by atoms with Gasteiger partial charge in [0, 0.05) is 21.5 Å². The van der Waals surface area contributed by atoms with Crippen molar-refractivity contribution < 1.29 is 14.7 Å². The van der Waals surface area contributed by atoms with E-state index in [0.717, 1.165) is 33.0 Å². The van der Waals surface area contributed by atoms with E-state index in [-0.39, 0.29) is 5.91 Å². The number of hydrogen-bond donors (Lipinski definition) is 2. The summed E-state index contributed by atoms with van der Waals surface area (Å²) >= 11 is 15.3. The molecule has 0 unspecified atom stereocenters. The molecule has 1 aliphatic carbocycles. The molecule has 2 atom stereocenters. The molecule has 31 heavy (non-hydrogen) atoms. The highest BCUT2D eigenvalue weighted by molar-refractivity contribution is 8.00. The van der Waals surface area contributed by atoms with E-state index < -0.39 is 17.8 Å². The summed E-state index contributed by atoms with van der Waals surface area (Å²) in [5, 5.41) is 13.6. The van der Waals surface area contributed by atoms with Crippen LogP contribution in [0.2, 0.25) is 10.0 Å². The molecule has 0 radical (unpaired) electrons. The molecule has 1 fully saturated rings. The quantitative estimate of drug-likeness (QED) is 0.371. The zero-order chi connectivity index (χ0) is 22.0. The predicted octanol–water partition coefficient (Wildman–Crippen LogP) is 6.72. The van der Waals surface area contributed by atoms with Crippen LogP contribution in [-0.2, 0) is 15.3 Å². The first-order valence-corrected chi connectivity index (χ1v) is 12.5. The van der Waals surface area contributed by atoms with Gasteiger partial charge in [-0.25, -0.2) is 4.98 Å². The van der Waals surface area contributed by atoms with E-state index in [9.17, 15) is 14.7 Å². The highest BCUT2D eigenvalue weighted by Gasteiger charge is 2.35. The minimum absolute atomic E-state index is 0.219. The van der Waals surface area contributed by atoms with Crippen LogP contribution >= 0.6 is 46.3 Å². The number of amides is 1. The molecular formula is C22H20Cl2N2O3S2. The molecule has 0 saturated heterocycles. The van der Waals surface area contributed by atoms with Gasteiger partial charge in [-0.15, -0.1) is 11.3 Å². The highest BCUT2D eigenvalue weighted by atomic mass is 35.5. The van der Waals surface area contributed by atoms with E-state index in [1.54, 1.807) is 29.2 Å². The van der Waals surface area contributed by atoms with Gasteiger partial charge in [0.2, 0.25) is 5.91 Å². The van der Waals surface area contributed by atoms with Crippen molar-refractivity contribution in [3.63, 3.8) is 0 Å². The fraction of sp³-hybridized carbons (Fsp3) is 0.318. The minimum Gasteiger partial charge on any atom is -0.481 e. The number of aliphatic carboxylic acids is 1. The Balaban J connectivity index is 1.44. The standard InChI is InChI=1S/C22H20Cl2N2O3S2/c23-13-6-5-12(17(24)9-13)11-30-22-26-18-8-7-14(10-19(18)31-22)25-20(27)15-3-1-2-4-16(15)21(28)29/h5-10,15-16H,1-4,11H2,(H,25,27)(H,28,29)/t15-,16+/m1/s1. The van der Waals surface area contributed by atoms with Gasteiger partial charge in [0.25, 0.3) is 0 Å². The molecule has 1 heterocycles. The largest absolute Gasteiger partial charge is 0.481 e. The summed E-state index contributed by atoms with van der Waals surface area (Å²) in [6.45, 7) is 0. The number of carbonyl (C=O) groups excluding carboxylic acids is 1. The van der Waals surface area contributed by atoms with Crippen LogP contribution in [0.4, 0.5) is 5.69 Å². The van der Waals surface area contributed by atoms with Crippen LogP contribution in [0.25, 0.3) is 10.2 Å². The predicted molar refractivity (Wildman–Crippen MR) is 127 cm³/mol. The number of thioether (sulfide) groups is 1. The lowest BCUT2D eigenvalue weighted by molar-refractivity contribution is -0.147. The first-order chi connectivity index (χ1) is 14.9. The molecule has 1 amide bonds. The van der Waals surface area contributed by atoms with E-state index in [0.29, 0.717) is 34.3 Å². The van der Waals surface area contributed by atoms with Crippen molar-refractivity contribution in [2.75, 3.05) is 5.32 Å². The number of halogens is 2. The normalized spacial score (nSPS) is 18.8. The molecule has 9 heteroatoms. The molecule has 0 bridgehead atoms. The number of benzene rings is 2. The van der Waals surface area contributed by atoms with Gasteiger partial charge >= 0.3 is 5.97 Å². The maximum atomic E-state index is 12.7. The first kappa shape index (κ1) is 22.4. The van der Waals surface area contributed by atoms with Gasteiger partial charge in [0.1, 0.15) is 0 Å². The number of thiazole rings is 1. The lowest BCUT2D eigenvalue weighted by atomic mass is 9.78. The van der Waals surface area contributed by atoms with E-state index >= 15 is 0 Å². The molecule has 4 rings (SSSR count). The average molecular weight is 495 g/mol. The molecule has 1 saturated carbocycles. The molecule has 0 aliphatic heterocycles. The zero-order valence-electron chi connectivity index (χ0n) is 16.4. The van der Waals surface area contributed by atoms with Crippen molar-refractivity contribution in [1.29, 1.82) is 0 Å². The van der Waals surface area contributed by atoms with Crippen molar-refractivity contribution in [3.8, 4) is 0 Å². The Morgan fingerprint density at radius 2 is 1.90 bits per heavy atom. The first-order valence-electron chi connectivity index (χ1n) is 9.91. The third kappa shape index (κ3) is 5.34. The van der Waals surface area contributed by atoms with Crippen LogP contribution in [0.5, 0.6) is 0 Å². The Labute approximate surface area is 198 Å². The van der Waals surface area contributed by atoms with Crippen molar-refractivity contribution in [1.82, 2.24) is 4.98 Å². The zero-order valence-corrected chi connectivity index (χ0v) is 19.6. The number of fused-ring (bicyclic) bond motifs is 1. The summed E-state index contributed by atoms with van der Waals surface area (Å²) in [7, 11) is 0. The third-order valence-corrected chi connectivity index (χ3v) is 8.22. The number of carboxylic acid groups (broad SMARTS) is 1. The fourth-order valence-electron chi connectivity index (χ4n) is 3.80. The van der Waals surface area contributed by atoms with Crippen LogP contribution in [-0.4, -0.2) is 22.0 Å². The Morgan fingerprint density at radius 3 is 2.65 bits per heavy atom. The maximum absolute atomic E-state index is 12.7. The summed E-state index contributed by atoms with van der Waals surface area (Å²) in [4.78, 5) is 28.9. The smallest absolute Gasteiger partial charge is 0.307 e. The van der Waals surface area contributed by atoms with Gasteiger partial charge in [-0.05, 0) is 48.7 Å². The monoisotopic (exact) mass is 494 g/mol. The molecule has 0 spiro atoms. The van der Waals surface area contributed by atoms with Crippen molar-refractivity contribution in [3.05, 3.63) is 52.0 Å². The molecule has 2 aromatic carbocycles. The van der Waals surface area contributed by atoms with Crippen molar-refractivity contribution in [2.45, 2.75) is 35.8 Å². The Morgan fingerprint density at radius 1 is 1.13 bits per heavy atom. The van der Waals surface area contributed by atoms with Gasteiger partial charge < -0.3 is 10.4 Å². The molecule has 2 N–H and O–H groups in total. The summed E-state index contributed by atoms with van der Waals surface area (Å²) in [5.41, 5.74) is 2.51. The second-order valence-electron chi connectivity index (χ2n) is 7.51. The van der Waals surface area contributed by atoms with Gasteiger partial charge in [0.15, 0.2) is 4.34 Å². The highest BCUT2D eigenvalue weighted by Crippen LogP contribution is 2.35. The number of nitrogens with one attached hydrogen (secondary N) is 1. The average Bonchev–Trinajstić information content (AvgIpc) is 3.15. The molecule has 1 aromatic heterocycles. The Kier molecular flexibility index (Phi) is 7.06. The van der Waals surface area contributed by atoms with E-state index in [4.69, 9.17) is 23.2 Å². The van der Waals surface area contributed by atoms with Crippen LogP contribution in [0, 0.1) is 11.8 Å². The number of anilines is 1. The summed E-state index contributed by atoms with van der Waals surface area (Å²) in [6.07, 6.45) is 2.91. The van der Waals surface area contributed by atoms with E-state index in [1.165, 1.54) is 0 Å². The van der Waals surface area contributed by atoms with Crippen LogP contribution in [0.15, 0.2) is 40.7 Å². The van der Waals surface area contributed by atoms with Crippen molar-refractivity contribution >= 4 is 74.1 Å². The third-order valence-electron chi connectivity index (χ3n) is 5.42. The number of carbonyl (C=O) groups is 2. The lowest BCUT2D eigenvalue weighted by Gasteiger charge is -2.27. The maximum Gasteiger partial charge on any atom is 0.307 e. The van der Waals surface area contributed by atoms with Gasteiger partial charge in [-0.3, -0.25) is 9.59 Å². The van der Waals surface area contributed by atoms with Crippen LogP contribution in [0.1, 0.15) is 31.2 Å². The second-order valence-corrected chi connectivity index (χ2v) is 10.6. The number of hydrogen-bond acceptors (Lipinski definition) is 5. The van der Waals surface area contributed by atoms with Gasteiger partial charge in [0.05, 0.1) is 22.1 Å². The number of aromatic nitrogens is 1. The van der Waals surface area contributed by atoms with E-state index in [1.807, 2.05) is 30.3 Å². The van der Waals surface area contributed by atoms with Crippen molar-refractivity contribution in [2.24, 2.45) is 11.8 Å². The molecule has 1 aliphatic rings. The van der Waals surface area contributed by atoms with Gasteiger partial charge in [-0.1, -0.05) is 53.9 Å². The summed E-state index contributed by atoms with van der Waals surface area (Å²) < 4.78 is 1.86. The molecule has 3 aromatic rings. The fourth-order valence-corrected chi connectivity index (χ4v) is 6.46. The summed E-state index contributed by atoms with van der Waals surface area (Å²) in [5.74, 6) is -1.53. The topological polar surface area (TPSA) is 79.3 Å².